The monoisotopic (exact) mass is 470 g/mol. The molecule has 0 radical (unpaired) electrons. The van der Waals surface area contributed by atoms with Crippen molar-refractivity contribution in [3.8, 4) is 11.5 Å². The molecule has 0 bridgehead atoms. The van der Waals surface area contributed by atoms with Crippen LogP contribution >= 0.6 is 11.6 Å². The van der Waals surface area contributed by atoms with Crippen molar-refractivity contribution < 1.29 is 32.2 Å². The van der Waals surface area contributed by atoms with Gasteiger partial charge in [0, 0.05) is 31.7 Å². The van der Waals surface area contributed by atoms with Gasteiger partial charge in [0.1, 0.15) is 0 Å². The lowest BCUT2D eigenvalue weighted by molar-refractivity contribution is -0.138. The molecular weight excluding hydrogens is 449 g/mol. The van der Waals surface area contributed by atoms with Crippen molar-refractivity contribution in [2.45, 2.75) is 13.1 Å². The van der Waals surface area contributed by atoms with Crippen molar-refractivity contribution in [1.29, 1.82) is 0 Å². The van der Waals surface area contributed by atoms with E-state index in [1.807, 2.05) is 0 Å². The summed E-state index contributed by atoms with van der Waals surface area (Å²) in [5, 5.41) is 0.229. The highest BCUT2D eigenvalue weighted by Crippen LogP contribution is 2.37. The van der Waals surface area contributed by atoms with E-state index in [4.69, 9.17) is 21.1 Å². The number of piperazine rings is 1. The maximum Gasteiger partial charge on any atom is 0.417 e. The summed E-state index contributed by atoms with van der Waals surface area (Å²) in [6, 6.07) is 7.69. The molecule has 1 fully saturated rings. The van der Waals surface area contributed by atoms with Gasteiger partial charge in [0.2, 0.25) is 0 Å². The molecule has 0 atom stereocenters. The predicted octanol–water partition coefficient (Wildman–Crippen LogP) is 4.36. The minimum absolute atomic E-state index is 0.110. The number of amides is 2. The number of alkyl halides is 3. The highest BCUT2D eigenvalue weighted by atomic mass is 35.5. The Bertz CT molecular complexity index is 1010. The van der Waals surface area contributed by atoms with Crippen molar-refractivity contribution in [2.24, 2.45) is 0 Å². The molecule has 0 saturated carbocycles. The molecule has 1 aliphatic rings. The lowest BCUT2D eigenvalue weighted by atomic mass is 10.1. The molecule has 0 aromatic heterocycles. The number of methoxy groups -OCH3 is 1. The summed E-state index contributed by atoms with van der Waals surface area (Å²) in [5.74, 6) is -0.376. The zero-order valence-corrected chi connectivity index (χ0v) is 18.3. The molecule has 6 nitrogen and oxygen atoms in total. The van der Waals surface area contributed by atoms with Gasteiger partial charge in [-0.1, -0.05) is 23.7 Å². The lowest BCUT2D eigenvalue weighted by Crippen LogP contribution is -2.50. The van der Waals surface area contributed by atoms with E-state index in [9.17, 15) is 22.8 Å². The van der Waals surface area contributed by atoms with Crippen molar-refractivity contribution in [3.63, 3.8) is 0 Å². The molecule has 10 heteroatoms. The van der Waals surface area contributed by atoms with Gasteiger partial charge in [-0.25, -0.2) is 0 Å². The van der Waals surface area contributed by atoms with E-state index in [0.29, 0.717) is 18.1 Å². The maximum atomic E-state index is 13.2. The fraction of sp³-hybridized carbons (Fsp3) is 0.364. The Kier molecular flexibility index (Phi) is 7.18. The number of carbonyl (C=O) groups is 2. The fourth-order valence-corrected chi connectivity index (χ4v) is 3.78. The molecule has 0 aliphatic carbocycles. The van der Waals surface area contributed by atoms with Gasteiger partial charge in [-0.3, -0.25) is 9.59 Å². The van der Waals surface area contributed by atoms with Gasteiger partial charge in [-0.2, -0.15) is 13.2 Å². The minimum atomic E-state index is -4.63. The van der Waals surface area contributed by atoms with E-state index >= 15 is 0 Å². The number of nitrogens with zero attached hydrogens (tertiary/aromatic N) is 2. The van der Waals surface area contributed by atoms with Crippen LogP contribution in [0.1, 0.15) is 33.2 Å². The summed E-state index contributed by atoms with van der Waals surface area (Å²) in [6.45, 7) is 2.73. The number of ether oxygens (including phenoxy) is 2. The first-order chi connectivity index (χ1) is 15.2. The molecule has 1 heterocycles. The van der Waals surface area contributed by atoms with Gasteiger partial charge in [-0.15, -0.1) is 0 Å². The largest absolute Gasteiger partial charge is 0.493 e. The van der Waals surface area contributed by atoms with Crippen LogP contribution < -0.4 is 9.47 Å². The number of carbonyl (C=O) groups excluding carboxylic acids is 2. The average Bonchev–Trinajstić information content (AvgIpc) is 2.79. The van der Waals surface area contributed by atoms with Crippen LogP contribution in [0.3, 0.4) is 0 Å². The molecular formula is C22H22ClF3N2O4. The molecule has 1 aliphatic heterocycles. The Balaban J connectivity index is 1.72. The molecule has 3 rings (SSSR count). The van der Waals surface area contributed by atoms with Crippen LogP contribution in [-0.2, 0) is 6.18 Å². The van der Waals surface area contributed by atoms with Crippen molar-refractivity contribution in [3.05, 3.63) is 58.1 Å². The third-order valence-electron chi connectivity index (χ3n) is 5.08. The molecule has 0 N–H and O–H groups in total. The third-order valence-corrected chi connectivity index (χ3v) is 5.36. The molecule has 1 saturated heterocycles. The minimum Gasteiger partial charge on any atom is -0.493 e. The molecule has 2 amide bonds. The van der Waals surface area contributed by atoms with E-state index in [1.165, 1.54) is 41.2 Å². The molecule has 172 valence electrons. The first-order valence-electron chi connectivity index (χ1n) is 9.92. The predicted molar refractivity (Wildman–Crippen MR) is 112 cm³/mol. The zero-order chi connectivity index (χ0) is 23.5. The van der Waals surface area contributed by atoms with Crippen LogP contribution in [0.25, 0.3) is 0 Å². The number of hydrogen-bond acceptors (Lipinski definition) is 4. The summed E-state index contributed by atoms with van der Waals surface area (Å²) >= 11 is 6.24. The molecule has 32 heavy (non-hydrogen) atoms. The average molecular weight is 471 g/mol. The Labute approximate surface area is 188 Å². The quantitative estimate of drug-likeness (QED) is 0.651. The van der Waals surface area contributed by atoms with Crippen molar-refractivity contribution >= 4 is 23.4 Å². The summed E-state index contributed by atoms with van der Waals surface area (Å²) in [6.07, 6.45) is -4.63. The number of halogens is 4. The van der Waals surface area contributed by atoms with Crippen molar-refractivity contribution in [1.82, 2.24) is 9.80 Å². The van der Waals surface area contributed by atoms with Crippen LogP contribution in [0.2, 0.25) is 5.02 Å². The first-order valence-corrected chi connectivity index (χ1v) is 10.3. The number of benzene rings is 2. The van der Waals surface area contributed by atoms with E-state index in [0.717, 1.165) is 12.1 Å². The van der Waals surface area contributed by atoms with Crippen LogP contribution in [0, 0.1) is 0 Å². The van der Waals surface area contributed by atoms with Crippen LogP contribution in [0.15, 0.2) is 36.4 Å². The molecule has 2 aromatic rings. The molecule has 2 aromatic carbocycles. The Morgan fingerprint density at radius 1 is 1.03 bits per heavy atom. The van der Waals surface area contributed by atoms with Gasteiger partial charge in [0.05, 0.1) is 29.9 Å². The Morgan fingerprint density at radius 3 is 2.19 bits per heavy atom. The molecule has 0 unspecified atom stereocenters. The fourth-order valence-electron chi connectivity index (χ4n) is 3.51. The van der Waals surface area contributed by atoms with E-state index in [1.54, 1.807) is 6.92 Å². The van der Waals surface area contributed by atoms with Gasteiger partial charge < -0.3 is 19.3 Å². The van der Waals surface area contributed by atoms with Gasteiger partial charge in [0.15, 0.2) is 11.5 Å². The number of rotatable bonds is 5. The lowest BCUT2D eigenvalue weighted by Gasteiger charge is -2.35. The van der Waals surface area contributed by atoms with Crippen LogP contribution in [0.5, 0.6) is 11.5 Å². The zero-order valence-electron chi connectivity index (χ0n) is 17.5. The SMILES string of the molecule is CCOc1c(Cl)cc(C(=O)N2CCN(C(=O)c3ccccc3C(F)(F)F)CC2)cc1OC. The molecule has 0 spiro atoms. The van der Waals surface area contributed by atoms with Gasteiger partial charge in [-0.05, 0) is 31.2 Å². The van der Waals surface area contributed by atoms with E-state index in [-0.39, 0.29) is 42.7 Å². The van der Waals surface area contributed by atoms with Crippen LogP contribution in [0.4, 0.5) is 13.2 Å². The van der Waals surface area contributed by atoms with E-state index < -0.39 is 23.2 Å². The smallest absolute Gasteiger partial charge is 0.417 e. The Morgan fingerprint density at radius 2 is 1.62 bits per heavy atom. The highest BCUT2D eigenvalue weighted by molar-refractivity contribution is 6.32. The van der Waals surface area contributed by atoms with E-state index in [2.05, 4.69) is 0 Å². The Hall–Kier alpha value is -2.94. The summed E-state index contributed by atoms with van der Waals surface area (Å²) in [7, 11) is 1.44. The second-order valence-electron chi connectivity index (χ2n) is 7.05. The summed E-state index contributed by atoms with van der Waals surface area (Å²) < 4.78 is 50.5. The first kappa shape index (κ1) is 23.7. The van der Waals surface area contributed by atoms with Gasteiger partial charge in [0.25, 0.3) is 11.8 Å². The number of hydrogen-bond donors (Lipinski definition) is 0. The van der Waals surface area contributed by atoms with Crippen molar-refractivity contribution in [2.75, 3.05) is 39.9 Å². The summed E-state index contributed by atoms with van der Waals surface area (Å²) in [5.41, 5.74) is -1.08. The van der Waals surface area contributed by atoms with Crippen LogP contribution in [-0.4, -0.2) is 61.5 Å². The maximum absolute atomic E-state index is 13.2. The highest BCUT2D eigenvalue weighted by Gasteiger charge is 2.36. The standard InChI is InChI=1S/C22H22ClF3N2O4/c1-3-32-19-17(23)12-14(13-18(19)31-2)20(29)27-8-10-28(11-9-27)21(30)15-6-4-5-7-16(15)22(24,25)26/h4-7,12-13H,3,8-11H2,1-2H3. The topological polar surface area (TPSA) is 59.1 Å². The van der Waals surface area contributed by atoms with Gasteiger partial charge >= 0.3 is 6.18 Å². The second kappa shape index (κ2) is 9.68. The third kappa shape index (κ3) is 4.93. The normalized spacial score (nSPS) is 14.3. The summed E-state index contributed by atoms with van der Waals surface area (Å²) in [4.78, 5) is 28.5. The second-order valence-corrected chi connectivity index (χ2v) is 7.46.